The number of hydrogen-bond donors (Lipinski definition) is 1. The Balaban J connectivity index is 1.98. The zero-order valence-electron chi connectivity index (χ0n) is 13.1. The van der Waals surface area contributed by atoms with Gasteiger partial charge in [0.25, 0.3) is 5.91 Å². The van der Waals surface area contributed by atoms with Crippen LogP contribution in [0.3, 0.4) is 0 Å². The molecule has 0 unspecified atom stereocenters. The highest BCUT2D eigenvalue weighted by atomic mass is 32.1. The Morgan fingerprint density at radius 3 is 2.56 bits per heavy atom. The van der Waals surface area contributed by atoms with Gasteiger partial charge >= 0.3 is 6.18 Å². The van der Waals surface area contributed by atoms with E-state index in [2.05, 4.69) is 20.5 Å². The number of rotatable bonds is 3. The number of aromatic nitrogens is 3. The minimum absolute atomic E-state index is 0.218. The SMILES string of the molecule is CN(C)c1cc(C(=O)Nc2nnc(C(F)(F)F)s2)c2ccccc2n1. The minimum Gasteiger partial charge on any atom is -0.363 e. The van der Waals surface area contributed by atoms with E-state index in [1.54, 1.807) is 49.3 Å². The highest BCUT2D eigenvalue weighted by molar-refractivity contribution is 7.15. The molecule has 130 valence electrons. The van der Waals surface area contributed by atoms with E-state index in [1.807, 2.05) is 0 Å². The number of carbonyl (C=O) groups excluding carboxylic acids is 1. The first-order chi connectivity index (χ1) is 11.8. The summed E-state index contributed by atoms with van der Waals surface area (Å²) in [6.45, 7) is 0. The number of hydrogen-bond acceptors (Lipinski definition) is 6. The number of pyridine rings is 1. The lowest BCUT2D eigenvalue weighted by Gasteiger charge is -2.14. The molecule has 0 fully saturated rings. The number of fused-ring (bicyclic) bond motifs is 1. The Hall–Kier alpha value is -2.75. The molecule has 0 atom stereocenters. The molecule has 25 heavy (non-hydrogen) atoms. The van der Waals surface area contributed by atoms with Gasteiger partial charge in [-0.25, -0.2) is 4.98 Å². The van der Waals surface area contributed by atoms with Crippen molar-refractivity contribution in [1.29, 1.82) is 0 Å². The molecule has 2 heterocycles. The fourth-order valence-electron chi connectivity index (χ4n) is 2.13. The first-order valence-electron chi connectivity index (χ1n) is 7.05. The van der Waals surface area contributed by atoms with Gasteiger partial charge in [-0.15, -0.1) is 10.2 Å². The molecule has 2 aromatic heterocycles. The molecule has 3 aromatic rings. The number of carbonyl (C=O) groups is 1. The molecule has 1 aromatic carbocycles. The Morgan fingerprint density at radius 2 is 1.92 bits per heavy atom. The molecule has 6 nitrogen and oxygen atoms in total. The summed E-state index contributed by atoms with van der Waals surface area (Å²) in [7, 11) is 3.55. The highest BCUT2D eigenvalue weighted by Gasteiger charge is 2.35. The van der Waals surface area contributed by atoms with Gasteiger partial charge in [0.2, 0.25) is 10.1 Å². The predicted octanol–water partition coefficient (Wildman–Crippen LogP) is 3.42. The summed E-state index contributed by atoms with van der Waals surface area (Å²) in [4.78, 5) is 18.7. The van der Waals surface area contributed by atoms with Crippen molar-refractivity contribution in [3.8, 4) is 0 Å². The molecule has 0 aliphatic heterocycles. The van der Waals surface area contributed by atoms with E-state index < -0.39 is 17.1 Å². The first kappa shape index (κ1) is 17.1. The first-order valence-corrected chi connectivity index (χ1v) is 7.86. The maximum Gasteiger partial charge on any atom is 0.445 e. The van der Waals surface area contributed by atoms with Crippen molar-refractivity contribution in [3.63, 3.8) is 0 Å². The third kappa shape index (κ3) is 3.53. The van der Waals surface area contributed by atoms with Crippen molar-refractivity contribution in [2.75, 3.05) is 24.3 Å². The number of benzene rings is 1. The highest BCUT2D eigenvalue weighted by Crippen LogP contribution is 2.33. The molecule has 0 radical (unpaired) electrons. The Labute approximate surface area is 144 Å². The fourth-order valence-corrected chi connectivity index (χ4v) is 2.74. The van der Waals surface area contributed by atoms with Gasteiger partial charge in [-0.2, -0.15) is 13.2 Å². The summed E-state index contributed by atoms with van der Waals surface area (Å²) in [5.41, 5.74) is 0.894. The van der Waals surface area contributed by atoms with Crippen LogP contribution < -0.4 is 10.2 Å². The quantitative estimate of drug-likeness (QED) is 0.768. The topological polar surface area (TPSA) is 71.0 Å². The number of anilines is 2. The van der Waals surface area contributed by atoms with Crippen LogP contribution in [0.5, 0.6) is 0 Å². The summed E-state index contributed by atoms with van der Waals surface area (Å²) < 4.78 is 37.8. The van der Waals surface area contributed by atoms with Crippen molar-refractivity contribution in [3.05, 3.63) is 40.9 Å². The van der Waals surface area contributed by atoms with Gasteiger partial charge in [0, 0.05) is 19.5 Å². The van der Waals surface area contributed by atoms with Crippen LogP contribution in [0.1, 0.15) is 15.4 Å². The maximum atomic E-state index is 12.6. The maximum absolute atomic E-state index is 12.6. The van der Waals surface area contributed by atoms with E-state index in [1.165, 1.54) is 0 Å². The molecular weight excluding hydrogens is 355 g/mol. The van der Waals surface area contributed by atoms with Crippen LogP contribution in [0.15, 0.2) is 30.3 Å². The summed E-state index contributed by atoms with van der Waals surface area (Å²) in [5.74, 6) is -0.0244. The lowest BCUT2D eigenvalue weighted by molar-refractivity contribution is -0.138. The average Bonchev–Trinajstić information content (AvgIpc) is 3.02. The van der Waals surface area contributed by atoms with Crippen LogP contribution in [-0.4, -0.2) is 35.2 Å². The van der Waals surface area contributed by atoms with E-state index in [0.29, 0.717) is 16.7 Å². The lowest BCUT2D eigenvalue weighted by Crippen LogP contribution is -2.16. The van der Waals surface area contributed by atoms with Crippen LogP contribution in [0.4, 0.5) is 24.1 Å². The van der Waals surface area contributed by atoms with Crippen molar-refractivity contribution >= 4 is 39.1 Å². The molecule has 0 saturated heterocycles. The van der Waals surface area contributed by atoms with E-state index in [0.717, 1.165) is 0 Å². The zero-order chi connectivity index (χ0) is 18.2. The zero-order valence-corrected chi connectivity index (χ0v) is 13.9. The van der Waals surface area contributed by atoms with Gasteiger partial charge in [0.1, 0.15) is 5.82 Å². The van der Waals surface area contributed by atoms with Gasteiger partial charge < -0.3 is 4.90 Å². The number of para-hydroxylation sites is 1. The normalized spacial score (nSPS) is 11.6. The Bertz CT molecular complexity index is 938. The molecular formula is C15H12F3N5OS. The number of amides is 1. The fraction of sp³-hybridized carbons (Fsp3) is 0.200. The van der Waals surface area contributed by atoms with Gasteiger partial charge in [-0.3, -0.25) is 10.1 Å². The monoisotopic (exact) mass is 367 g/mol. The van der Waals surface area contributed by atoms with Crippen LogP contribution in [0, 0.1) is 0 Å². The van der Waals surface area contributed by atoms with Crippen LogP contribution in [0.25, 0.3) is 10.9 Å². The van der Waals surface area contributed by atoms with Gasteiger partial charge in [0.15, 0.2) is 0 Å². The lowest BCUT2D eigenvalue weighted by atomic mass is 10.1. The molecule has 1 amide bonds. The molecule has 1 N–H and O–H groups in total. The van der Waals surface area contributed by atoms with Crippen molar-refractivity contribution in [2.24, 2.45) is 0 Å². The van der Waals surface area contributed by atoms with Crippen LogP contribution in [-0.2, 0) is 6.18 Å². The van der Waals surface area contributed by atoms with E-state index in [4.69, 9.17) is 0 Å². The molecule has 0 aliphatic rings. The molecule has 10 heteroatoms. The predicted molar refractivity (Wildman–Crippen MR) is 88.9 cm³/mol. The second-order valence-corrected chi connectivity index (χ2v) is 6.28. The van der Waals surface area contributed by atoms with E-state index >= 15 is 0 Å². The van der Waals surface area contributed by atoms with Crippen molar-refractivity contribution in [1.82, 2.24) is 15.2 Å². The Morgan fingerprint density at radius 1 is 1.20 bits per heavy atom. The number of halogens is 3. The van der Waals surface area contributed by atoms with Crippen molar-refractivity contribution < 1.29 is 18.0 Å². The molecule has 0 saturated carbocycles. The summed E-state index contributed by atoms with van der Waals surface area (Å²) >= 11 is 0.274. The van der Waals surface area contributed by atoms with Gasteiger partial charge in [0.05, 0.1) is 11.1 Å². The summed E-state index contributed by atoms with van der Waals surface area (Å²) in [5, 5.41) is 8.05. The Kier molecular flexibility index (Phi) is 4.29. The standard InChI is InChI=1S/C15H12F3N5OS/c1-23(2)11-7-9(8-5-3-4-6-10(8)19-11)12(24)20-14-22-21-13(25-14)15(16,17)18/h3-7H,1-2H3,(H,20,22,24). The van der Waals surface area contributed by atoms with Gasteiger partial charge in [-0.1, -0.05) is 29.5 Å². The number of nitrogens with one attached hydrogen (secondary N) is 1. The van der Waals surface area contributed by atoms with Crippen LogP contribution in [0.2, 0.25) is 0 Å². The second kappa shape index (κ2) is 6.28. The summed E-state index contributed by atoms with van der Waals surface area (Å²) in [6.07, 6.45) is -4.60. The summed E-state index contributed by atoms with van der Waals surface area (Å²) in [6, 6.07) is 8.59. The van der Waals surface area contributed by atoms with Gasteiger partial charge in [-0.05, 0) is 12.1 Å². The smallest absolute Gasteiger partial charge is 0.363 e. The minimum atomic E-state index is -4.60. The molecule has 0 bridgehead atoms. The third-order valence-corrected chi connectivity index (χ3v) is 4.18. The number of alkyl halides is 3. The van der Waals surface area contributed by atoms with E-state index in [-0.39, 0.29) is 22.0 Å². The molecule has 3 rings (SSSR count). The molecule has 0 spiro atoms. The molecule has 0 aliphatic carbocycles. The van der Waals surface area contributed by atoms with Crippen LogP contribution >= 0.6 is 11.3 Å². The average molecular weight is 367 g/mol. The largest absolute Gasteiger partial charge is 0.445 e. The number of nitrogens with zero attached hydrogens (tertiary/aromatic N) is 4. The second-order valence-electron chi connectivity index (χ2n) is 5.30. The van der Waals surface area contributed by atoms with E-state index in [9.17, 15) is 18.0 Å². The third-order valence-electron chi connectivity index (χ3n) is 3.29. The van der Waals surface area contributed by atoms with Crippen molar-refractivity contribution in [2.45, 2.75) is 6.18 Å².